The SMILES string of the molecule is COCCOc1ccc(S(=O)(=O)NC(C)c2ccc(S(C)(=O)=O)cc2)cc1. The van der Waals surface area contributed by atoms with Crippen molar-refractivity contribution in [1.29, 1.82) is 0 Å². The third kappa shape index (κ3) is 6.03. The number of nitrogens with one attached hydrogen (secondary N) is 1. The van der Waals surface area contributed by atoms with Gasteiger partial charge in [0.1, 0.15) is 12.4 Å². The maximum Gasteiger partial charge on any atom is 0.241 e. The van der Waals surface area contributed by atoms with Crippen LogP contribution in [-0.2, 0) is 24.6 Å². The van der Waals surface area contributed by atoms with E-state index in [9.17, 15) is 16.8 Å². The second kappa shape index (κ2) is 8.83. The molecular formula is C18H23NO6S2. The minimum atomic E-state index is -3.74. The molecule has 0 saturated heterocycles. The van der Waals surface area contributed by atoms with Gasteiger partial charge in [-0.05, 0) is 48.9 Å². The monoisotopic (exact) mass is 413 g/mol. The highest BCUT2D eigenvalue weighted by atomic mass is 32.2. The Balaban J connectivity index is 2.08. The number of benzene rings is 2. The molecule has 2 aromatic carbocycles. The average Bonchev–Trinajstić information content (AvgIpc) is 2.61. The Labute approximate surface area is 160 Å². The van der Waals surface area contributed by atoms with Crippen LogP contribution in [0.3, 0.4) is 0 Å². The third-order valence-corrected chi connectivity index (χ3v) is 6.52. The third-order valence-electron chi connectivity index (χ3n) is 3.83. The molecule has 0 bridgehead atoms. The topological polar surface area (TPSA) is 98.8 Å². The molecule has 0 aromatic heterocycles. The molecule has 0 amide bonds. The number of ether oxygens (including phenoxy) is 2. The summed E-state index contributed by atoms with van der Waals surface area (Å²) in [6, 6.07) is 11.7. The van der Waals surface area contributed by atoms with E-state index in [0.29, 0.717) is 24.5 Å². The van der Waals surface area contributed by atoms with E-state index in [1.165, 1.54) is 24.3 Å². The van der Waals surface area contributed by atoms with E-state index in [1.807, 2.05) is 0 Å². The molecule has 0 saturated carbocycles. The first-order valence-electron chi connectivity index (χ1n) is 8.17. The second-order valence-corrected chi connectivity index (χ2v) is 9.73. The van der Waals surface area contributed by atoms with E-state index in [-0.39, 0.29) is 9.79 Å². The van der Waals surface area contributed by atoms with Gasteiger partial charge in [-0.15, -0.1) is 0 Å². The van der Waals surface area contributed by atoms with Crippen LogP contribution in [0.2, 0.25) is 0 Å². The molecule has 7 nitrogen and oxygen atoms in total. The highest BCUT2D eigenvalue weighted by Gasteiger charge is 2.19. The molecule has 1 N–H and O–H groups in total. The fourth-order valence-electron chi connectivity index (χ4n) is 2.33. The zero-order chi connectivity index (χ0) is 20.1. The molecule has 0 radical (unpaired) electrons. The molecule has 0 aliphatic heterocycles. The zero-order valence-corrected chi connectivity index (χ0v) is 17.0. The van der Waals surface area contributed by atoms with Gasteiger partial charge in [0.05, 0.1) is 16.4 Å². The van der Waals surface area contributed by atoms with Crippen molar-refractivity contribution in [2.45, 2.75) is 22.8 Å². The van der Waals surface area contributed by atoms with Crippen LogP contribution in [0.1, 0.15) is 18.5 Å². The first-order chi connectivity index (χ1) is 12.6. The van der Waals surface area contributed by atoms with Crippen molar-refractivity contribution < 1.29 is 26.3 Å². The van der Waals surface area contributed by atoms with Crippen molar-refractivity contribution in [3.63, 3.8) is 0 Å². The quantitative estimate of drug-likeness (QED) is 0.633. The lowest BCUT2D eigenvalue weighted by Crippen LogP contribution is -2.26. The van der Waals surface area contributed by atoms with E-state index >= 15 is 0 Å². The Morgan fingerprint density at radius 2 is 1.44 bits per heavy atom. The molecule has 0 fully saturated rings. The smallest absolute Gasteiger partial charge is 0.241 e. The number of rotatable bonds is 9. The van der Waals surface area contributed by atoms with E-state index < -0.39 is 25.9 Å². The first kappa shape index (κ1) is 21.4. The lowest BCUT2D eigenvalue weighted by atomic mass is 10.1. The van der Waals surface area contributed by atoms with Gasteiger partial charge in [0.15, 0.2) is 9.84 Å². The van der Waals surface area contributed by atoms with Crippen molar-refractivity contribution in [2.24, 2.45) is 0 Å². The molecule has 1 unspecified atom stereocenters. The number of sulfonamides is 1. The van der Waals surface area contributed by atoms with Crippen molar-refractivity contribution >= 4 is 19.9 Å². The summed E-state index contributed by atoms with van der Waals surface area (Å²) in [5.74, 6) is 0.551. The second-order valence-electron chi connectivity index (χ2n) is 6.00. The summed E-state index contributed by atoms with van der Waals surface area (Å²) in [7, 11) is -5.46. The fraction of sp³-hybridized carbons (Fsp3) is 0.333. The van der Waals surface area contributed by atoms with Gasteiger partial charge in [0, 0.05) is 19.4 Å². The molecule has 0 aliphatic rings. The first-order valence-corrected chi connectivity index (χ1v) is 11.5. The highest BCUT2D eigenvalue weighted by Crippen LogP contribution is 2.21. The molecule has 27 heavy (non-hydrogen) atoms. The Kier molecular flexibility index (Phi) is 6.99. The van der Waals surface area contributed by atoms with Gasteiger partial charge < -0.3 is 9.47 Å². The standard InChI is InChI=1S/C18H23NO6S2/c1-14(15-4-8-17(9-5-15)26(3,20)21)19-27(22,23)18-10-6-16(7-11-18)25-13-12-24-2/h4-11,14,19H,12-13H2,1-3H3. The Bertz CT molecular complexity index is 952. The van der Waals surface area contributed by atoms with Gasteiger partial charge in [-0.1, -0.05) is 12.1 Å². The molecular weight excluding hydrogens is 390 g/mol. The lowest BCUT2D eigenvalue weighted by Gasteiger charge is -2.15. The van der Waals surface area contributed by atoms with Crippen LogP contribution in [0.5, 0.6) is 5.75 Å². The van der Waals surface area contributed by atoms with E-state index in [2.05, 4.69) is 4.72 Å². The fourth-order valence-corrected chi connectivity index (χ4v) is 4.19. The summed E-state index contributed by atoms with van der Waals surface area (Å²) in [6.07, 6.45) is 1.12. The zero-order valence-electron chi connectivity index (χ0n) is 15.4. The average molecular weight is 414 g/mol. The molecule has 1 atom stereocenters. The van der Waals surface area contributed by atoms with Crippen LogP contribution in [0.4, 0.5) is 0 Å². The highest BCUT2D eigenvalue weighted by molar-refractivity contribution is 7.90. The van der Waals surface area contributed by atoms with Crippen LogP contribution in [0, 0.1) is 0 Å². The maximum atomic E-state index is 12.5. The Morgan fingerprint density at radius 3 is 1.96 bits per heavy atom. The molecule has 2 aromatic rings. The largest absolute Gasteiger partial charge is 0.491 e. The molecule has 0 spiro atoms. The number of hydrogen-bond donors (Lipinski definition) is 1. The molecule has 9 heteroatoms. The molecule has 2 rings (SSSR count). The van der Waals surface area contributed by atoms with Crippen molar-refractivity contribution in [2.75, 3.05) is 26.6 Å². The summed E-state index contributed by atoms with van der Waals surface area (Å²) in [4.78, 5) is 0.298. The summed E-state index contributed by atoms with van der Waals surface area (Å²) in [6.45, 7) is 2.51. The summed E-state index contributed by atoms with van der Waals surface area (Å²) in [5, 5.41) is 0. The minimum Gasteiger partial charge on any atom is -0.491 e. The minimum absolute atomic E-state index is 0.112. The lowest BCUT2D eigenvalue weighted by molar-refractivity contribution is 0.146. The van der Waals surface area contributed by atoms with Crippen LogP contribution in [0.15, 0.2) is 58.3 Å². The molecule has 148 valence electrons. The van der Waals surface area contributed by atoms with Crippen LogP contribution in [-0.4, -0.2) is 43.4 Å². The van der Waals surface area contributed by atoms with Crippen molar-refractivity contribution in [3.8, 4) is 5.75 Å². The number of methoxy groups -OCH3 is 1. The van der Waals surface area contributed by atoms with E-state index in [0.717, 1.165) is 6.26 Å². The summed E-state index contributed by atoms with van der Waals surface area (Å²) in [5.41, 5.74) is 0.658. The van der Waals surface area contributed by atoms with Crippen LogP contribution >= 0.6 is 0 Å². The van der Waals surface area contributed by atoms with Gasteiger partial charge >= 0.3 is 0 Å². The molecule has 0 heterocycles. The van der Waals surface area contributed by atoms with Crippen LogP contribution < -0.4 is 9.46 Å². The number of hydrogen-bond acceptors (Lipinski definition) is 6. The van der Waals surface area contributed by atoms with Gasteiger partial charge in [0.25, 0.3) is 0 Å². The predicted molar refractivity (Wildman–Crippen MR) is 102 cm³/mol. The van der Waals surface area contributed by atoms with Gasteiger partial charge in [-0.25, -0.2) is 21.6 Å². The normalized spacial score (nSPS) is 13.3. The molecule has 0 aliphatic carbocycles. The van der Waals surface area contributed by atoms with Crippen molar-refractivity contribution in [1.82, 2.24) is 4.72 Å². The van der Waals surface area contributed by atoms with Crippen LogP contribution in [0.25, 0.3) is 0 Å². The number of sulfone groups is 1. The summed E-state index contributed by atoms with van der Waals surface area (Å²) < 4.78 is 61.0. The van der Waals surface area contributed by atoms with E-state index in [1.54, 1.807) is 38.3 Å². The summed E-state index contributed by atoms with van der Waals surface area (Å²) >= 11 is 0. The predicted octanol–water partition coefficient (Wildman–Crippen LogP) is 2.15. The van der Waals surface area contributed by atoms with Gasteiger partial charge in [-0.3, -0.25) is 0 Å². The maximum absolute atomic E-state index is 12.5. The van der Waals surface area contributed by atoms with Gasteiger partial charge in [0.2, 0.25) is 10.0 Å². The Hall–Kier alpha value is -1.94. The Morgan fingerprint density at radius 1 is 0.889 bits per heavy atom. The van der Waals surface area contributed by atoms with Gasteiger partial charge in [-0.2, -0.15) is 0 Å². The van der Waals surface area contributed by atoms with Crippen molar-refractivity contribution in [3.05, 3.63) is 54.1 Å². The van der Waals surface area contributed by atoms with E-state index in [4.69, 9.17) is 9.47 Å².